The molecule has 3 aromatic rings. The van der Waals surface area contributed by atoms with E-state index in [2.05, 4.69) is 20.6 Å². The zero-order valence-electron chi connectivity index (χ0n) is 12.2. The first kappa shape index (κ1) is 14.6. The number of hydrogen-bond acceptors (Lipinski definition) is 5. The fourth-order valence-electron chi connectivity index (χ4n) is 2.02. The van der Waals surface area contributed by atoms with Gasteiger partial charge >= 0.3 is 6.01 Å². The minimum Gasteiger partial charge on any atom is -0.408 e. The standard InChI is InChI=1S/C15H16ClN5O/c1-2-21-10-12(9-18-21)8-17-15-20-19-14(22-15)7-11-3-5-13(16)6-4-11/h3-6,9-10H,2,7-8H2,1H3,(H,17,20). The van der Waals surface area contributed by atoms with Crippen molar-refractivity contribution < 1.29 is 4.42 Å². The quantitative estimate of drug-likeness (QED) is 0.756. The van der Waals surface area contributed by atoms with Gasteiger partial charge in [0.25, 0.3) is 0 Å². The van der Waals surface area contributed by atoms with E-state index >= 15 is 0 Å². The van der Waals surface area contributed by atoms with E-state index in [0.717, 1.165) is 17.7 Å². The largest absolute Gasteiger partial charge is 0.408 e. The first-order valence-electron chi connectivity index (χ1n) is 7.05. The molecule has 0 atom stereocenters. The highest BCUT2D eigenvalue weighted by Gasteiger charge is 2.07. The molecule has 3 rings (SSSR count). The van der Waals surface area contributed by atoms with Gasteiger partial charge in [-0.3, -0.25) is 4.68 Å². The summed E-state index contributed by atoms with van der Waals surface area (Å²) in [6.45, 7) is 3.50. The second kappa shape index (κ2) is 6.62. The molecule has 0 saturated heterocycles. The molecule has 0 unspecified atom stereocenters. The topological polar surface area (TPSA) is 68.8 Å². The van der Waals surface area contributed by atoms with Crippen molar-refractivity contribution >= 4 is 17.6 Å². The Morgan fingerprint density at radius 1 is 1.18 bits per heavy atom. The van der Waals surface area contributed by atoms with Crippen molar-refractivity contribution in [2.45, 2.75) is 26.4 Å². The van der Waals surface area contributed by atoms with Gasteiger partial charge in [0.15, 0.2) is 0 Å². The molecular formula is C15H16ClN5O. The van der Waals surface area contributed by atoms with E-state index in [1.54, 1.807) is 0 Å². The lowest BCUT2D eigenvalue weighted by molar-refractivity contribution is 0.516. The molecule has 0 saturated carbocycles. The van der Waals surface area contributed by atoms with Crippen LogP contribution in [-0.2, 0) is 19.5 Å². The van der Waals surface area contributed by atoms with Crippen molar-refractivity contribution in [1.29, 1.82) is 0 Å². The maximum absolute atomic E-state index is 5.86. The molecule has 0 spiro atoms. The Balaban J connectivity index is 1.57. The van der Waals surface area contributed by atoms with Crippen molar-refractivity contribution in [3.63, 3.8) is 0 Å². The molecule has 1 N–H and O–H groups in total. The van der Waals surface area contributed by atoms with Gasteiger partial charge in [0.05, 0.1) is 12.6 Å². The Kier molecular flexibility index (Phi) is 4.39. The zero-order chi connectivity index (χ0) is 15.4. The Bertz CT molecular complexity index is 734. The van der Waals surface area contributed by atoms with Crippen LogP contribution in [0.15, 0.2) is 41.1 Å². The minimum absolute atomic E-state index is 0.410. The summed E-state index contributed by atoms with van der Waals surface area (Å²) in [7, 11) is 0. The second-order valence-electron chi connectivity index (χ2n) is 4.86. The van der Waals surface area contributed by atoms with Crippen molar-refractivity contribution in [2.24, 2.45) is 0 Å². The molecule has 7 heteroatoms. The monoisotopic (exact) mass is 317 g/mol. The lowest BCUT2D eigenvalue weighted by atomic mass is 10.1. The fourth-order valence-corrected chi connectivity index (χ4v) is 2.15. The molecule has 0 aliphatic rings. The first-order chi connectivity index (χ1) is 10.7. The van der Waals surface area contributed by atoms with Gasteiger partial charge in [-0.25, -0.2) is 0 Å². The van der Waals surface area contributed by atoms with E-state index in [1.807, 2.05) is 48.3 Å². The molecule has 6 nitrogen and oxygen atoms in total. The predicted molar refractivity (Wildman–Crippen MR) is 83.8 cm³/mol. The molecule has 0 aliphatic heterocycles. The average Bonchev–Trinajstić information content (AvgIpc) is 3.16. The molecule has 114 valence electrons. The van der Waals surface area contributed by atoms with Crippen molar-refractivity contribution in [2.75, 3.05) is 5.32 Å². The molecule has 2 heterocycles. The van der Waals surface area contributed by atoms with Crippen molar-refractivity contribution in [3.05, 3.63) is 58.7 Å². The van der Waals surface area contributed by atoms with E-state index in [4.69, 9.17) is 16.0 Å². The highest BCUT2D eigenvalue weighted by atomic mass is 35.5. The molecule has 2 aromatic heterocycles. The number of anilines is 1. The summed E-state index contributed by atoms with van der Waals surface area (Å²) in [5, 5.41) is 16.1. The Hall–Kier alpha value is -2.34. The first-order valence-corrected chi connectivity index (χ1v) is 7.43. The third-order valence-corrected chi connectivity index (χ3v) is 3.44. The molecule has 22 heavy (non-hydrogen) atoms. The molecular weight excluding hydrogens is 302 g/mol. The van der Waals surface area contributed by atoms with E-state index in [-0.39, 0.29) is 0 Å². The van der Waals surface area contributed by atoms with Gasteiger partial charge in [0.2, 0.25) is 5.89 Å². The summed E-state index contributed by atoms with van der Waals surface area (Å²) in [4.78, 5) is 0. The van der Waals surface area contributed by atoms with Gasteiger partial charge in [-0.1, -0.05) is 28.8 Å². The van der Waals surface area contributed by atoms with E-state index in [9.17, 15) is 0 Å². The predicted octanol–water partition coefficient (Wildman–Crippen LogP) is 3.14. The summed E-state index contributed by atoms with van der Waals surface area (Å²) in [6, 6.07) is 7.99. The molecule has 0 aliphatic carbocycles. The third-order valence-electron chi connectivity index (χ3n) is 3.19. The maximum atomic E-state index is 5.86. The van der Waals surface area contributed by atoms with E-state index < -0.39 is 0 Å². The minimum atomic E-state index is 0.410. The van der Waals surface area contributed by atoms with Crippen LogP contribution < -0.4 is 5.32 Å². The smallest absolute Gasteiger partial charge is 0.315 e. The van der Waals surface area contributed by atoms with Gasteiger partial charge in [-0.2, -0.15) is 5.10 Å². The van der Waals surface area contributed by atoms with Crippen LogP contribution in [0.1, 0.15) is 23.9 Å². The van der Waals surface area contributed by atoms with Crippen LogP contribution in [-0.4, -0.2) is 20.0 Å². The van der Waals surface area contributed by atoms with Crippen LogP contribution in [0, 0.1) is 0 Å². The summed E-state index contributed by atoms with van der Waals surface area (Å²) in [5.74, 6) is 0.564. The SMILES string of the molecule is CCn1cc(CNc2nnc(Cc3ccc(Cl)cc3)o2)cn1. The second-order valence-corrected chi connectivity index (χ2v) is 5.30. The fraction of sp³-hybridized carbons (Fsp3) is 0.267. The molecule has 0 amide bonds. The third kappa shape index (κ3) is 3.65. The summed E-state index contributed by atoms with van der Waals surface area (Å²) >= 11 is 5.86. The Labute approximate surface area is 133 Å². The van der Waals surface area contributed by atoms with Gasteiger partial charge in [-0.15, -0.1) is 5.10 Å². The summed E-state index contributed by atoms with van der Waals surface area (Å²) < 4.78 is 7.45. The zero-order valence-corrected chi connectivity index (χ0v) is 12.9. The maximum Gasteiger partial charge on any atom is 0.315 e. The van der Waals surface area contributed by atoms with Crippen LogP contribution in [0.2, 0.25) is 5.02 Å². The Morgan fingerprint density at radius 3 is 2.73 bits per heavy atom. The van der Waals surface area contributed by atoms with E-state index in [0.29, 0.717) is 29.9 Å². The van der Waals surface area contributed by atoms with E-state index in [1.165, 1.54) is 0 Å². The lowest BCUT2D eigenvalue weighted by Gasteiger charge is -1.98. The van der Waals surface area contributed by atoms with Gasteiger partial charge in [0, 0.05) is 29.9 Å². The molecule has 1 aromatic carbocycles. The van der Waals surface area contributed by atoms with Crippen LogP contribution in [0.3, 0.4) is 0 Å². The van der Waals surface area contributed by atoms with Crippen LogP contribution in [0.4, 0.5) is 6.01 Å². The number of halogens is 1. The van der Waals surface area contributed by atoms with Crippen molar-refractivity contribution in [1.82, 2.24) is 20.0 Å². The van der Waals surface area contributed by atoms with Crippen LogP contribution in [0.25, 0.3) is 0 Å². The van der Waals surface area contributed by atoms with Crippen LogP contribution in [0.5, 0.6) is 0 Å². The number of benzene rings is 1. The van der Waals surface area contributed by atoms with Crippen molar-refractivity contribution in [3.8, 4) is 0 Å². The molecule has 0 bridgehead atoms. The number of rotatable bonds is 6. The van der Waals surface area contributed by atoms with Gasteiger partial charge in [0.1, 0.15) is 0 Å². The molecule has 0 radical (unpaired) electrons. The molecule has 0 fully saturated rings. The number of aromatic nitrogens is 4. The van der Waals surface area contributed by atoms with Gasteiger partial charge in [-0.05, 0) is 24.6 Å². The van der Waals surface area contributed by atoms with Gasteiger partial charge < -0.3 is 9.73 Å². The normalized spacial score (nSPS) is 10.8. The summed E-state index contributed by atoms with van der Waals surface area (Å²) in [5.41, 5.74) is 2.14. The highest BCUT2D eigenvalue weighted by Crippen LogP contribution is 2.14. The summed E-state index contributed by atoms with van der Waals surface area (Å²) in [6.07, 6.45) is 4.39. The number of hydrogen-bond donors (Lipinski definition) is 1. The van der Waals surface area contributed by atoms with Crippen LogP contribution >= 0.6 is 11.6 Å². The average molecular weight is 318 g/mol. The lowest BCUT2D eigenvalue weighted by Crippen LogP contribution is -1.98. The Morgan fingerprint density at radius 2 is 2.00 bits per heavy atom. The number of nitrogens with one attached hydrogen (secondary N) is 1. The number of aryl methyl sites for hydroxylation is 1. The highest BCUT2D eigenvalue weighted by molar-refractivity contribution is 6.30. The number of nitrogens with zero attached hydrogens (tertiary/aromatic N) is 4.